The lowest BCUT2D eigenvalue weighted by molar-refractivity contribution is 0.367. The first-order valence-corrected chi connectivity index (χ1v) is 8.33. The summed E-state index contributed by atoms with van der Waals surface area (Å²) in [6, 6.07) is 2.37. The SMILES string of the molecule is C=CCC1CC2CCC(c3cc(F)c(F)c(F)c3)CCC2C1. The molecule has 0 radical (unpaired) electrons. The van der Waals surface area contributed by atoms with Crippen molar-refractivity contribution in [2.24, 2.45) is 17.8 Å². The van der Waals surface area contributed by atoms with Gasteiger partial charge in [0.1, 0.15) is 0 Å². The molecule has 0 nitrogen and oxygen atoms in total. The topological polar surface area (TPSA) is 0 Å². The Morgan fingerprint density at radius 1 is 0.955 bits per heavy atom. The first-order valence-electron chi connectivity index (χ1n) is 8.33. The zero-order valence-electron chi connectivity index (χ0n) is 12.8. The van der Waals surface area contributed by atoms with Crippen LogP contribution in [-0.4, -0.2) is 0 Å². The van der Waals surface area contributed by atoms with Crippen LogP contribution >= 0.6 is 0 Å². The molecule has 1 aromatic carbocycles. The van der Waals surface area contributed by atoms with Crippen LogP contribution in [0.4, 0.5) is 13.2 Å². The van der Waals surface area contributed by atoms with E-state index in [-0.39, 0.29) is 5.92 Å². The minimum absolute atomic E-state index is 0.160. The van der Waals surface area contributed by atoms with E-state index in [1.165, 1.54) is 25.0 Å². The van der Waals surface area contributed by atoms with Crippen LogP contribution in [0, 0.1) is 35.2 Å². The largest absolute Gasteiger partial charge is 0.204 e. The average Bonchev–Trinajstić information content (AvgIpc) is 2.76. The maximum Gasteiger partial charge on any atom is 0.194 e. The maximum absolute atomic E-state index is 13.4. The van der Waals surface area contributed by atoms with Crippen molar-refractivity contribution in [1.82, 2.24) is 0 Å². The molecule has 0 N–H and O–H groups in total. The fraction of sp³-hybridized carbons (Fsp3) is 0.579. The van der Waals surface area contributed by atoms with Gasteiger partial charge in [-0.25, -0.2) is 13.2 Å². The number of rotatable bonds is 3. The van der Waals surface area contributed by atoms with Crippen LogP contribution in [-0.2, 0) is 0 Å². The number of allylic oxidation sites excluding steroid dienone is 1. The molecule has 2 aliphatic carbocycles. The third kappa shape index (κ3) is 3.09. The molecular weight excluding hydrogens is 285 g/mol. The fourth-order valence-corrected chi connectivity index (χ4v) is 4.59. The molecule has 0 aliphatic heterocycles. The fourth-order valence-electron chi connectivity index (χ4n) is 4.59. The second kappa shape index (κ2) is 6.47. The number of fused-ring (bicyclic) bond motifs is 1. The minimum atomic E-state index is -1.36. The van der Waals surface area contributed by atoms with Crippen molar-refractivity contribution < 1.29 is 13.2 Å². The summed E-state index contributed by atoms with van der Waals surface area (Å²) in [5.41, 5.74) is 0.624. The quantitative estimate of drug-likeness (QED) is 0.476. The van der Waals surface area contributed by atoms with E-state index in [1.54, 1.807) is 0 Å². The standard InChI is InChI=1S/C19H23F3/c1-2-3-12-8-14-6-4-13(5-7-15(14)9-12)16-10-17(20)19(22)18(21)11-16/h2,10-15H,1,3-9H2. The molecule has 0 spiro atoms. The second-order valence-corrected chi connectivity index (χ2v) is 7.03. The number of benzene rings is 1. The summed E-state index contributed by atoms with van der Waals surface area (Å²) in [5, 5.41) is 0. The molecule has 1 aromatic rings. The zero-order chi connectivity index (χ0) is 15.7. The summed E-state index contributed by atoms with van der Waals surface area (Å²) in [6.45, 7) is 3.83. The first-order chi connectivity index (χ1) is 10.6. The van der Waals surface area contributed by atoms with Gasteiger partial charge < -0.3 is 0 Å². The van der Waals surface area contributed by atoms with E-state index < -0.39 is 17.5 Å². The second-order valence-electron chi connectivity index (χ2n) is 7.03. The number of hydrogen-bond donors (Lipinski definition) is 0. The Morgan fingerprint density at radius 2 is 1.50 bits per heavy atom. The summed E-state index contributed by atoms with van der Waals surface area (Å²) >= 11 is 0. The Morgan fingerprint density at radius 3 is 2.00 bits per heavy atom. The van der Waals surface area contributed by atoms with Crippen LogP contribution in [0.3, 0.4) is 0 Å². The molecule has 2 unspecified atom stereocenters. The van der Waals surface area contributed by atoms with E-state index >= 15 is 0 Å². The Bertz CT molecular complexity index is 513. The van der Waals surface area contributed by atoms with Crippen LogP contribution in [0.5, 0.6) is 0 Å². The van der Waals surface area contributed by atoms with Crippen LogP contribution in [0.1, 0.15) is 56.4 Å². The van der Waals surface area contributed by atoms with Crippen molar-refractivity contribution in [3.63, 3.8) is 0 Å². The Balaban J connectivity index is 1.69. The van der Waals surface area contributed by atoms with Gasteiger partial charge in [-0.1, -0.05) is 6.08 Å². The molecule has 2 saturated carbocycles. The first kappa shape index (κ1) is 15.6. The highest BCUT2D eigenvalue weighted by Gasteiger charge is 2.36. The highest BCUT2D eigenvalue weighted by molar-refractivity contribution is 5.23. The molecule has 0 saturated heterocycles. The van der Waals surface area contributed by atoms with Gasteiger partial charge in [0.05, 0.1) is 0 Å². The minimum Gasteiger partial charge on any atom is -0.204 e. The van der Waals surface area contributed by atoms with Crippen LogP contribution in [0.15, 0.2) is 24.8 Å². The third-order valence-electron chi connectivity index (χ3n) is 5.69. The van der Waals surface area contributed by atoms with E-state index in [1.807, 2.05) is 6.08 Å². The molecule has 0 amide bonds. The molecule has 2 atom stereocenters. The number of halogens is 3. The van der Waals surface area contributed by atoms with E-state index in [0.717, 1.165) is 49.9 Å². The van der Waals surface area contributed by atoms with E-state index in [2.05, 4.69) is 6.58 Å². The lowest BCUT2D eigenvalue weighted by Gasteiger charge is -2.16. The summed E-state index contributed by atoms with van der Waals surface area (Å²) in [7, 11) is 0. The molecule has 3 rings (SSSR count). The van der Waals surface area contributed by atoms with Crippen molar-refractivity contribution >= 4 is 0 Å². The van der Waals surface area contributed by atoms with Crippen molar-refractivity contribution in [2.45, 2.75) is 50.9 Å². The summed E-state index contributed by atoms with van der Waals surface area (Å²) in [5.74, 6) is -1.08. The lowest BCUT2D eigenvalue weighted by Crippen LogP contribution is -2.04. The van der Waals surface area contributed by atoms with E-state index in [4.69, 9.17) is 0 Å². The molecule has 0 heterocycles. The smallest absolute Gasteiger partial charge is 0.194 e. The Labute approximate surface area is 130 Å². The van der Waals surface area contributed by atoms with Crippen LogP contribution in [0.2, 0.25) is 0 Å². The van der Waals surface area contributed by atoms with Gasteiger partial charge in [-0.2, -0.15) is 0 Å². The van der Waals surface area contributed by atoms with E-state index in [9.17, 15) is 13.2 Å². The Hall–Kier alpha value is -1.25. The van der Waals surface area contributed by atoms with Crippen molar-refractivity contribution in [3.05, 3.63) is 47.8 Å². The predicted molar refractivity (Wildman–Crippen MR) is 82.0 cm³/mol. The molecule has 3 heteroatoms. The van der Waals surface area contributed by atoms with E-state index in [0.29, 0.717) is 5.56 Å². The van der Waals surface area contributed by atoms with Gasteiger partial charge in [-0.05, 0) is 86.3 Å². The molecule has 2 aliphatic rings. The maximum atomic E-state index is 13.4. The van der Waals surface area contributed by atoms with Crippen molar-refractivity contribution in [2.75, 3.05) is 0 Å². The van der Waals surface area contributed by atoms with Crippen LogP contribution in [0.25, 0.3) is 0 Å². The van der Waals surface area contributed by atoms with Gasteiger partial charge in [0.25, 0.3) is 0 Å². The summed E-state index contributed by atoms with van der Waals surface area (Å²) in [6.07, 6.45) is 9.77. The van der Waals surface area contributed by atoms with Crippen LogP contribution < -0.4 is 0 Å². The predicted octanol–water partition coefficient (Wildman–Crippen LogP) is 5.98. The highest BCUT2D eigenvalue weighted by atomic mass is 19.2. The van der Waals surface area contributed by atoms with Crippen molar-refractivity contribution in [1.29, 1.82) is 0 Å². The monoisotopic (exact) mass is 308 g/mol. The summed E-state index contributed by atoms with van der Waals surface area (Å²) in [4.78, 5) is 0. The molecule has 22 heavy (non-hydrogen) atoms. The molecule has 120 valence electrons. The van der Waals surface area contributed by atoms with Gasteiger partial charge in [0.15, 0.2) is 17.5 Å². The molecule has 0 aromatic heterocycles. The molecule has 0 bridgehead atoms. The van der Waals surface area contributed by atoms with Gasteiger partial charge in [0, 0.05) is 0 Å². The summed E-state index contributed by atoms with van der Waals surface area (Å²) < 4.78 is 40.0. The molecular formula is C19H23F3. The van der Waals surface area contributed by atoms with Gasteiger partial charge in [-0.15, -0.1) is 6.58 Å². The Kier molecular flexibility index (Phi) is 4.60. The van der Waals surface area contributed by atoms with Gasteiger partial charge >= 0.3 is 0 Å². The molecule has 2 fully saturated rings. The third-order valence-corrected chi connectivity index (χ3v) is 5.69. The van der Waals surface area contributed by atoms with Crippen molar-refractivity contribution in [3.8, 4) is 0 Å². The number of hydrogen-bond acceptors (Lipinski definition) is 0. The highest BCUT2D eigenvalue weighted by Crippen LogP contribution is 2.48. The zero-order valence-corrected chi connectivity index (χ0v) is 12.8. The van der Waals surface area contributed by atoms with Gasteiger partial charge in [-0.3, -0.25) is 0 Å². The average molecular weight is 308 g/mol. The lowest BCUT2D eigenvalue weighted by atomic mass is 9.89. The normalized spacial score (nSPS) is 31.6. The van der Waals surface area contributed by atoms with Gasteiger partial charge in [0.2, 0.25) is 0 Å².